The highest BCUT2D eigenvalue weighted by Crippen LogP contribution is 2.22. The Morgan fingerprint density at radius 3 is 2.69 bits per heavy atom. The van der Waals surface area contributed by atoms with Crippen LogP contribution < -0.4 is 0 Å². The topological polar surface area (TPSA) is 20.3 Å². The van der Waals surface area contributed by atoms with Gasteiger partial charge in [0.1, 0.15) is 0 Å². The van der Waals surface area contributed by atoms with Gasteiger partial charge in [-0.05, 0) is 24.5 Å². The van der Waals surface area contributed by atoms with Crippen molar-refractivity contribution in [2.24, 2.45) is 5.92 Å². The number of benzene rings is 1. The average Bonchev–Trinajstić information content (AvgIpc) is 2.33. The monoisotopic (exact) mass is 237 g/mol. The summed E-state index contributed by atoms with van der Waals surface area (Å²) >= 11 is 6.15. The molecule has 2 rings (SSSR count). The lowest BCUT2D eigenvalue weighted by Crippen LogP contribution is -2.43. The molecule has 1 heterocycles. The van der Waals surface area contributed by atoms with E-state index in [1.54, 1.807) is 0 Å². The van der Waals surface area contributed by atoms with E-state index < -0.39 is 0 Å². The Bertz CT molecular complexity index is 365. The summed E-state index contributed by atoms with van der Waals surface area (Å²) in [4.78, 5) is 14.0. The van der Waals surface area contributed by atoms with Gasteiger partial charge in [-0.2, -0.15) is 0 Å². The molecule has 1 amide bonds. The summed E-state index contributed by atoms with van der Waals surface area (Å²) in [6, 6.07) is 9.43. The third-order valence-electron chi connectivity index (χ3n) is 3.11. The van der Waals surface area contributed by atoms with Gasteiger partial charge in [-0.3, -0.25) is 4.79 Å². The Morgan fingerprint density at radius 1 is 1.38 bits per heavy atom. The average molecular weight is 238 g/mol. The molecule has 0 spiro atoms. The molecule has 0 saturated carbocycles. The van der Waals surface area contributed by atoms with E-state index in [4.69, 9.17) is 11.6 Å². The summed E-state index contributed by atoms with van der Waals surface area (Å²) in [5.41, 5.74) is 0.766. The molecule has 1 aliphatic heterocycles. The van der Waals surface area contributed by atoms with Crippen LogP contribution in [0.2, 0.25) is 0 Å². The normalized spacial score (nSPS) is 25.5. The van der Waals surface area contributed by atoms with Crippen LogP contribution in [0, 0.1) is 5.92 Å². The fraction of sp³-hybridized carbons (Fsp3) is 0.462. The number of rotatable bonds is 1. The molecule has 2 unspecified atom stereocenters. The predicted molar refractivity (Wildman–Crippen MR) is 65.8 cm³/mol. The van der Waals surface area contributed by atoms with Gasteiger partial charge >= 0.3 is 0 Å². The maximum Gasteiger partial charge on any atom is 0.253 e. The number of piperidine rings is 1. The summed E-state index contributed by atoms with van der Waals surface area (Å²) < 4.78 is 0. The highest BCUT2D eigenvalue weighted by atomic mass is 35.5. The lowest BCUT2D eigenvalue weighted by molar-refractivity contribution is 0.0687. The highest BCUT2D eigenvalue weighted by molar-refractivity contribution is 6.20. The summed E-state index contributed by atoms with van der Waals surface area (Å²) in [5.74, 6) is 0.499. The summed E-state index contributed by atoms with van der Waals surface area (Å²) in [7, 11) is 0. The largest absolute Gasteiger partial charge is 0.338 e. The maximum atomic E-state index is 12.1. The molecule has 1 aromatic carbocycles. The van der Waals surface area contributed by atoms with Crippen molar-refractivity contribution >= 4 is 17.5 Å². The molecule has 1 aromatic rings. The molecular weight excluding hydrogens is 222 g/mol. The zero-order valence-corrected chi connectivity index (χ0v) is 10.2. The summed E-state index contributed by atoms with van der Waals surface area (Å²) in [5, 5.41) is 0.208. The van der Waals surface area contributed by atoms with Crippen LogP contribution in [0.3, 0.4) is 0 Å². The molecule has 3 heteroatoms. The van der Waals surface area contributed by atoms with Crippen LogP contribution >= 0.6 is 11.6 Å². The Balaban J connectivity index is 2.06. The molecule has 2 nitrogen and oxygen atoms in total. The van der Waals surface area contributed by atoms with Gasteiger partial charge in [0.15, 0.2) is 0 Å². The molecule has 0 bridgehead atoms. The van der Waals surface area contributed by atoms with E-state index in [1.807, 2.05) is 35.2 Å². The fourth-order valence-corrected chi connectivity index (χ4v) is 2.24. The van der Waals surface area contributed by atoms with Crippen molar-refractivity contribution in [3.05, 3.63) is 35.9 Å². The van der Waals surface area contributed by atoms with Crippen molar-refractivity contribution in [1.29, 1.82) is 0 Å². The number of hydrogen-bond donors (Lipinski definition) is 0. The number of carbonyl (C=O) groups excluding carboxylic acids is 1. The second-order valence-corrected chi connectivity index (χ2v) is 4.96. The van der Waals surface area contributed by atoms with Crippen LogP contribution in [0.1, 0.15) is 23.7 Å². The van der Waals surface area contributed by atoms with Crippen molar-refractivity contribution in [3.8, 4) is 0 Å². The Labute approximate surface area is 101 Å². The van der Waals surface area contributed by atoms with Crippen LogP contribution in [-0.2, 0) is 0 Å². The number of amides is 1. The van der Waals surface area contributed by atoms with Crippen LogP contribution in [0.4, 0.5) is 0 Å². The Morgan fingerprint density at radius 2 is 2.06 bits per heavy atom. The first-order chi connectivity index (χ1) is 7.68. The van der Waals surface area contributed by atoms with Crippen LogP contribution in [0.25, 0.3) is 0 Å². The number of nitrogens with zero attached hydrogens (tertiary/aromatic N) is 1. The third-order valence-corrected chi connectivity index (χ3v) is 3.76. The lowest BCUT2D eigenvalue weighted by atomic mass is 9.99. The van der Waals surface area contributed by atoms with E-state index in [-0.39, 0.29) is 11.3 Å². The smallest absolute Gasteiger partial charge is 0.253 e. The van der Waals surface area contributed by atoms with E-state index in [0.717, 1.165) is 25.1 Å². The minimum absolute atomic E-state index is 0.121. The molecule has 1 aliphatic rings. The van der Waals surface area contributed by atoms with Gasteiger partial charge in [0.2, 0.25) is 0 Å². The zero-order valence-electron chi connectivity index (χ0n) is 9.40. The first kappa shape index (κ1) is 11.5. The maximum absolute atomic E-state index is 12.1. The second kappa shape index (κ2) is 4.88. The fourth-order valence-electron chi connectivity index (χ4n) is 2.06. The van der Waals surface area contributed by atoms with E-state index in [0.29, 0.717) is 5.92 Å². The lowest BCUT2D eigenvalue weighted by Gasteiger charge is -2.34. The van der Waals surface area contributed by atoms with Crippen molar-refractivity contribution in [2.45, 2.75) is 18.7 Å². The molecule has 1 saturated heterocycles. The number of hydrogen-bond acceptors (Lipinski definition) is 1. The van der Waals surface area contributed by atoms with E-state index in [2.05, 4.69) is 6.92 Å². The zero-order chi connectivity index (χ0) is 11.5. The van der Waals surface area contributed by atoms with Gasteiger partial charge in [0.25, 0.3) is 5.91 Å². The van der Waals surface area contributed by atoms with E-state index >= 15 is 0 Å². The summed E-state index contributed by atoms with van der Waals surface area (Å²) in [6.45, 7) is 3.64. The predicted octanol–water partition coefficient (Wildman–Crippen LogP) is 2.78. The van der Waals surface area contributed by atoms with Crippen LogP contribution in [0.5, 0.6) is 0 Å². The quantitative estimate of drug-likeness (QED) is 0.688. The molecule has 1 fully saturated rings. The minimum atomic E-state index is 0.121. The third kappa shape index (κ3) is 2.38. The van der Waals surface area contributed by atoms with Gasteiger partial charge in [0, 0.05) is 24.0 Å². The van der Waals surface area contributed by atoms with Gasteiger partial charge < -0.3 is 4.90 Å². The van der Waals surface area contributed by atoms with Crippen molar-refractivity contribution in [3.63, 3.8) is 0 Å². The molecule has 2 atom stereocenters. The molecule has 16 heavy (non-hydrogen) atoms. The second-order valence-electron chi connectivity index (χ2n) is 4.40. The first-order valence-corrected chi connectivity index (χ1v) is 6.10. The molecule has 86 valence electrons. The van der Waals surface area contributed by atoms with Gasteiger partial charge in [0.05, 0.1) is 0 Å². The molecule has 0 aliphatic carbocycles. The SMILES string of the molecule is CC1CN(C(=O)c2ccccc2)CCC1Cl. The molecule has 0 aromatic heterocycles. The van der Waals surface area contributed by atoms with Gasteiger partial charge in [-0.15, -0.1) is 11.6 Å². The number of halogens is 1. The number of carbonyl (C=O) groups is 1. The minimum Gasteiger partial charge on any atom is -0.338 e. The van der Waals surface area contributed by atoms with Crippen molar-refractivity contribution in [2.75, 3.05) is 13.1 Å². The molecule has 0 radical (unpaired) electrons. The highest BCUT2D eigenvalue weighted by Gasteiger charge is 2.27. The van der Waals surface area contributed by atoms with Gasteiger partial charge in [-0.1, -0.05) is 25.1 Å². The summed E-state index contributed by atoms with van der Waals surface area (Å²) in [6.07, 6.45) is 0.890. The van der Waals surface area contributed by atoms with Gasteiger partial charge in [-0.25, -0.2) is 0 Å². The molecule has 0 N–H and O–H groups in total. The van der Waals surface area contributed by atoms with Crippen molar-refractivity contribution in [1.82, 2.24) is 4.90 Å². The van der Waals surface area contributed by atoms with Crippen molar-refractivity contribution < 1.29 is 4.79 Å². The first-order valence-electron chi connectivity index (χ1n) is 5.67. The van der Waals surface area contributed by atoms with Crippen LogP contribution in [-0.4, -0.2) is 29.3 Å². The van der Waals surface area contributed by atoms with Crippen LogP contribution in [0.15, 0.2) is 30.3 Å². The molecular formula is C13H16ClNO. The number of alkyl halides is 1. The standard InChI is InChI=1S/C13H16ClNO/c1-10-9-15(8-7-12(10)14)13(16)11-5-3-2-4-6-11/h2-6,10,12H,7-9H2,1H3. The van der Waals surface area contributed by atoms with E-state index in [1.165, 1.54) is 0 Å². The number of likely N-dealkylation sites (tertiary alicyclic amines) is 1. The Hall–Kier alpha value is -1.02. The van der Waals surface area contributed by atoms with E-state index in [9.17, 15) is 4.79 Å². The Kier molecular flexibility index (Phi) is 3.49.